The number of hydrogen-bond acceptors (Lipinski definition) is 8. The van der Waals surface area contributed by atoms with Crippen LogP contribution in [0.25, 0.3) is 0 Å². The van der Waals surface area contributed by atoms with Gasteiger partial charge in [-0.25, -0.2) is 4.79 Å². The Bertz CT molecular complexity index is 1640. The van der Waals surface area contributed by atoms with Gasteiger partial charge >= 0.3 is 6.09 Å². The Kier molecular flexibility index (Phi) is 13.6. The number of likely N-dealkylation sites (tertiary alicyclic amines) is 1. The van der Waals surface area contributed by atoms with E-state index in [2.05, 4.69) is 52.5 Å². The number of carbonyl (C=O) groups excluding carboxylic acids is 1. The zero-order chi connectivity index (χ0) is 38.3. The van der Waals surface area contributed by atoms with E-state index in [1.54, 1.807) is 38.3 Å². The lowest BCUT2D eigenvalue weighted by molar-refractivity contribution is -0.0630. The summed E-state index contributed by atoms with van der Waals surface area (Å²) in [5.74, 6) is 1.92. The van der Waals surface area contributed by atoms with Crippen LogP contribution in [0.2, 0.25) is 16.6 Å². The Morgan fingerprint density at radius 1 is 0.887 bits per heavy atom. The maximum atomic E-state index is 12.7. The summed E-state index contributed by atoms with van der Waals surface area (Å²) in [7, 11) is -0.715. The number of amides is 1. The first-order valence-electron chi connectivity index (χ1n) is 19.0. The van der Waals surface area contributed by atoms with Gasteiger partial charge in [0.1, 0.15) is 23.9 Å². The summed E-state index contributed by atoms with van der Waals surface area (Å²) in [4.78, 5) is 28.2. The molecular weight excluding hydrogens is 689 g/mol. The van der Waals surface area contributed by atoms with Crippen molar-refractivity contribution < 1.29 is 38.1 Å². The lowest BCUT2D eigenvalue weighted by Crippen LogP contribution is -2.59. The van der Waals surface area contributed by atoms with Crippen LogP contribution in [0.3, 0.4) is 0 Å². The van der Waals surface area contributed by atoms with Gasteiger partial charge in [-0.1, -0.05) is 59.7 Å². The first-order chi connectivity index (χ1) is 25.3. The maximum absolute atomic E-state index is 12.7. The van der Waals surface area contributed by atoms with Gasteiger partial charge in [-0.3, -0.25) is 4.79 Å². The van der Waals surface area contributed by atoms with Crippen molar-refractivity contribution in [2.45, 2.75) is 96.2 Å². The standard InChI is InChI=1S/C42H58N2O8Si/c1-28(2)53(29(3)4,30(5)6)52-40-26-44(42(46)47)25-39(50-27-32-10-19-38-37(24-32)43(21-23-49-38)20-9-22-48-8)41(40)34-13-17-36(18-14-34)51-35-15-11-33(12-16-35)31(7)45/h10-19,24,28-30,39-41H,9,20-23,25-27H2,1-8H3,(H,46,47). The number of ether oxygens (including phenoxy) is 4. The number of nitrogens with zero attached hydrogens (tertiary/aromatic N) is 2. The molecule has 0 spiro atoms. The highest BCUT2D eigenvalue weighted by Gasteiger charge is 2.51. The number of benzene rings is 3. The van der Waals surface area contributed by atoms with Crippen molar-refractivity contribution in [3.05, 3.63) is 83.4 Å². The molecular formula is C42H58N2O8Si. The van der Waals surface area contributed by atoms with Crippen molar-refractivity contribution in [1.82, 2.24) is 4.90 Å². The molecule has 3 aromatic rings. The highest BCUT2D eigenvalue weighted by Crippen LogP contribution is 2.46. The number of anilines is 1. The van der Waals surface area contributed by atoms with E-state index >= 15 is 0 Å². The minimum atomic E-state index is -2.44. The second kappa shape index (κ2) is 17.9. The van der Waals surface area contributed by atoms with Gasteiger partial charge < -0.3 is 38.3 Å². The van der Waals surface area contributed by atoms with Crippen molar-refractivity contribution in [2.24, 2.45) is 0 Å². The zero-order valence-electron chi connectivity index (χ0n) is 32.7. The Labute approximate surface area is 316 Å². The van der Waals surface area contributed by atoms with Crippen LogP contribution in [0, 0.1) is 0 Å². The maximum Gasteiger partial charge on any atom is 0.407 e. The Balaban J connectivity index is 1.47. The number of hydrogen-bond donors (Lipinski definition) is 1. The van der Waals surface area contributed by atoms with E-state index in [0.717, 1.165) is 42.1 Å². The van der Waals surface area contributed by atoms with Crippen molar-refractivity contribution in [3.8, 4) is 17.2 Å². The molecule has 53 heavy (non-hydrogen) atoms. The average molecular weight is 747 g/mol. The van der Waals surface area contributed by atoms with E-state index in [1.165, 1.54) is 4.90 Å². The van der Waals surface area contributed by atoms with Crippen LogP contribution in [0.4, 0.5) is 10.5 Å². The number of methoxy groups -OCH3 is 1. The molecule has 2 aliphatic rings. The van der Waals surface area contributed by atoms with Crippen LogP contribution in [0.15, 0.2) is 66.7 Å². The first kappa shape index (κ1) is 40.3. The number of carboxylic acid groups (broad SMARTS) is 1. The van der Waals surface area contributed by atoms with Gasteiger partial charge in [-0.05, 0) is 89.6 Å². The summed E-state index contributed by atoms with van der Waals surface area (Å²) in [5, 5.41) is 10.4. The molecule has 0 saturated carbocycles. The third-order valence-electron chi connectivity index (χ3n) is 10.9. The predicted molar refractivity (Wildman–Crippen MR) is 210 cm³/mol. The van der Waals surface area contributed by atoms with Crippen LogP contribution in [0.1, 0.15) is 82.3 Å². The fourth-order valence-corrected chi connectivity index (χ4v) is 14.0. The number of ketones is 1. The number of Topliss-reactive ketones (excluding diaryl/α,β-unsaturated/α-hetero) is 1. The highest BCUT2D eigenvalue weighted by atomic mass is 28.4. The minimum Gasteiger partial charge on any atom is -0.490 e. The number of carbonyl (C=O) groups is 2. The first-order valence-corrected chi connectivity index (χ1v) is 21.1. The third-order valence-corrected chi connectivity index (χ3v) is 17.0. The van der Waals surface area contributed by atoms with Gasteiger partial charge in [0.05, 0.1) is 37.6 Å². The molecule has 288 valence electrons. The molecule has 1 amide bonds. The molecule has 0 aliphatic carbocycles. The molecule has 0 bridgehead atoms. The molecule has 3 unspecified atom stereocenters. The fourth-order valence-electron chi connectivity index (χ4n) is 8.39. The highest BCUT2D eigenvalue weighted by molar-refractivity contribution is 6.77. The van der Waals surface area contributed by atoms with Crippen LogP contribution in [-0.2, 0) is 20.5 Å². The van der Waals surface area contributed by atoms with Crippen molar-refractivity contribution >= 4 is 25.9 Å². The second-order valence-electron chi connectivity index (χ2n) is 15.3. The number of piperidine rings is 1. The van der Waals surface area contributed by atoms with Crippen LogP contribution >= 0.6 is 0 Å². The van der Waals surface area contributed by atoms with Crippen molar-refractivity contribution in [2.75, 3.05) is 51.4 Å². The second-order valence-corrected chi connectivity index (χ2v) is 20.7. The summed E-state index contributed by atoms with van der Waals surface area (Å²) in [6.45, 7) is 18.8. The molecule has 1 fully saturated rings. The predicted octanol–water partition coefficient (Wildman–Crippen LogP) is 9.14. The number of fused-ring (bicyclic) bond motifs is 1. The number of rotatable bonds is 16. The molecule has 11 heteroatoms. The summed E-state index contributed by atoms with van der Waals surface area (Å²) in [5.41, 5.74) is 4.61. The molecule has 10 nitrogen and oxygen atoms in total. The van der Waals surface area contributed by atoms with Gasteiger partial charge in [0, 0.05) is 38.3 Å². The largest absolute Gasteiger partial charge is 0.490 e. The molecule has 0 radical (unpaired) electrons. The lowest BCUT2D eigenvalue weighted by Gasteiger charge is -2.50. The van der Waals surface area contributed by atoms with Crippen molar-refractivity contribution in [1.29, 1.82) is 0 Å². The van der Waals surface area contributed by atoms with Gasteiger partial charge in [-0.15, -0.1) is 0 Å². The third kappa shape index (κ3) is 9.43. The van der Waals surface area contributed by atoms with Gasteiger partial charge in [0.15, 0.2) is 5.78 Å². The van der Waals surface area contributed by atoms with Crippen LogP contribution in [0.5, 0.6) is 17.2 Å². The summed E-state index contributed by atoms with van der Waals surface area (Å²) in [6.07, 6.45) is -0.952. The smallest absolute Gasteiger partial charge is 0.407 e. The quantitative estimate of drug-likeness (QED) is 0.0873. The minimum absolute atomic E-state index is 0.00318. The van der Waals surface area contributed by atoms with Crippen LogP contribution < -0.4 is 14.4 Å². The van der Waals surface area contributed by atoms with E-state index in [1.807, 2.05) is 36.4 Å². The Hall–Kier alpha value is -3.90. The normalized spacial score (nSPS) is 19.0. The summed E-state index contributed by atoms with van der Waals surface area (Å²) >= 11 is 0. The van der Waals surface area contributed by atoms with E-state index in [9.17, 15) is 14.7 Å². The van der Waals surface area contributed by atoms with Crippen molar-refractivity contribution in [3.63, 3.8) is 0 Å². The average Bonchev–Trinajstić information content (AvgIpc) is 3.13. The molecule has 2 aliphatic heterocycles. The Morgan fingerprint density at radius 3 is 2.09 bits per heavy atom. The fraction of sp³-hybridized carbons (Fsp3) is 0.524. The van der Waals surface area contributed by atoms with E-state index in [-0.39, 0.29) is 24.8 Å². The molecule has 3 aromatic carbocycles. The van der Waals surface area contributed by atoms with E-state index < -0.39 is 26.6 Å². The van der Waals surface area contributed by atoms with E-state index in [0.29, 0.717) is 53.5 Å². The van der Waals surface area contributed by atoms with E-state index in [4.69, 9.17) is 23.4 Å². The molecule has 1 N–H and O–H groups in total. The molecule has 1 saturated heterocycles. The molecule has 2 heterocycles. The molecule has 3 atom stereocenters. The topological polar surface area (TPSA) is 107 Å². The monoisotopic (exact) mass is 746 g/mol. The van der Waals surface area contributed by atoms with Gasteiger partial charge in [0.25, 0.3) is 0 Å². The zero-order valence-corrected chi connectivity index (χ0v) is 33.7. The SMILES string of the molecule is COCCCN1CCOc2ccc(COC3CN(C(=O)O)CC(O[Si](C(C)C)(C(C)C)C(C)C)C3c3ccc(Oc4ccc(C(C)=O)cc4)cc3)cc21. The van der Waals surface area contributed by atoms with Crippen LogP contribution in [-0.4, -0.2) is 88.9 Å². The molecule has 0 aromatic heterocycles. The molecule has 5 rings (SSSR count). The summed E-state index contributed by atoms with van der Waals surface area (Å²) in [6, 6.07) is 21.2. The van der Waals surface area contributed by atoms with Gasteiger partial charge in [-0.2, -0.15) is 0 Å². The Morgan fingerprint density at radius 2 is 1.51 bits per heavy atom. The lowest BCUT2D eigenvalue weighted by atomic mass is 9.84. The van der Waals surface area contributed by atoms with Gasteiger partial charge in [0.2, 0.25) is 8.32 Å². The summed E-state index contributed by atoms with van der Waals surface area (Å²) < 4.78 is 31.7.